The monoisotopic (exact) mass is 704 g/mol. The lowest BCUT2D eigenvalue weighted by molar-refractivity contribution is 0.653. The minimum Gasteiger partial charge on any atom is -0.438 e. The van der Waals surface area contributed by atoms with Crippen LogP contribution in [0, 0.1) is 0 Å². The molecule has 258 valence electrons. The Morgan fingerprint density at radius 1 is 0.309 bits per heavy atom. The molecule has 0 bridgehead atoms. The lowest BCUT2D eigenvalue weighted by Gasteiger charge is -2.12. The fourth-order valence-corrected chi connectivity index (χ4v) is 7.20. The highest BCUT2D eigenvalue weighted by Crippen LogP contribution is 2.38. The molecule has 0 radical (unpaired) electrons. The predicted octanol–water partition coefficient (Wildman–Crippen LogP) is 12.8. The average Bonchev–Trinajstić information content (AvgIpc) is 3.66. The summed E-state index contributed by atoms with van der Waals surface area (Å²) < 4.78 is 6.30. The first-order chi connectivity index (χ1) is 27.2. The van der Waals surface area contributed by atoms with E-state index >= 15 is 0 Å². The van der Waals surface area contributed by atoms with Crippen LogP contribution in [0.2, 0.25) is 0 Å². The van der Waals surface area contributed by atoms with E-state index in [4.69, 9.17) is 24.4 Å². The molecule has 5 nitrogen and oxygen atoms in total. The molecule has 5 heteroatoms. The van der Waals surface area contributed by atoms with Crippen LogP contribution in [0.1, 0.15) is 0 Å². The lowest BCUT2D eigenvalue weighted by atomic mass is 9.95. The fraction of sp³-hybridized carbons (Fsp3) is 0. The Morgan fingerprint density at radius 2 is 0.745 bits per heavy atom. The van der Waals surface area contributed by atoms with Crippen molar-refractivity contribution in [3.63, 3.8) is 0 Å². The molecule has 10 rings (SSSR count). The molecule has 3 aromatic heterocycles. The average molecular weight is 705 g/mol. The van der Waals surface area contributed by atoms with Crippen LogP contribution in [-0.4, -0.2) is 19.9 Å². The van der Waals surface area contributed by atoms with Crippen LogP contribution < -0.4 is 0 Å². The van der Waals surface area contributed by atoms with Crippen molar-refractivity contribution in [2.75, 3.05) is 0 Å². The van der Waals surface area contributed by atoms with Gasteiger partial charge in [-0.1, -0.05) is 164 Å². The normalized spacial score (nSPS) is 11.3. The standard InChI is InChI=1S/C50H32N4O/c1-4-15-33(16-5-1)43-32-44(52-48(51-43)34-17-6-2-7-18-34)40-25-13-23-38(30-40)36-21-12-22-37(29-36)39-24-14-26-41(31-39)47-46-42-27-10-11-28-45(42)55-50(46)54-49(53-47)35-19-8-3-9-20-35/h1-32H. The van der Waals surface area contributed by atoms with Crippen molar-refractivity contribution >= 4 is 22.1 Å². The van der Waals surface area contributed by atoms with Crippen molar-refractivity contribution < 1.29 is 4.42 Å². The number of aromatic nitrogens is 4. The molecule has 0 aliphatic rings. The molecule has 0 fully saturated rings. The highest BCUT2D eigenvalue weighted by atomic mass is 16.3. The van der Waals surface area contributed by atoms with Crippen LogP contribution in [0.15, 0.2) is 199 Å². The molecule has 55 heavy (non-hydrogen) atoms. The number of rotatable bonds is 7. The molecule has 0 amide bonds. The molecule has 0 saturated carbocycles. The predicted molar refractivity (Wildman–Crippen MR) is 223 cm³/mol. The Labute approximate surface area is 318 Å². The van der Waals surface area contributed by atoms with Gasteiger partial charge in [0.1, 0.15) is 5.58 Å². The molecule has 7 aromatic carbocycles. The minimum atomic E-state index is 0.577. The third kappa shape index (κ3) is 6.24. The van der Waals surface area contributed by atoms with Crippen molar-refractivity contribution in [3.05, 3.63) is 194 Å². The summed E-state index contributed by atoms with van der Waals surface area (Å²) in [4.78, 5) is 20.1. The van der Waals surface area contributed by atoms with Gasteiger partial charge in [0, 0.05) is 33.2 Å². The minimum absolute atomic E-state index is 0.577. The maximum Gasteiger partial charge on any atom is 0.231 e. The van der Waals surface area contributed by atoms with Crippen molar-refractivity contribution in [3.8, 4) is 78.8 Å². The van der Waals surface area contributed by atoms with Crippen LogP contribution >= 0.6 is 0 Å². The molecule has 0 aliphatic heterocycles. The van der Waals surface area contributed by atoms with E-state index < -0.39 is 0 Å². The summed E-state index contributed by atoms with van der Waals surface area (Å²) in [7, 11) is 0. The third-order valence-electron chi connectivity index (χ3n) is 9.92. The number of para-hydroxylation sites is 1. The van der Waals surface area contributed by atoms with Crippen molar-refractivity contribution in [1.29, 1.82) is 0 Å². The number of hydrogen-bond donors (Lipinski definition) is 0. The van der Waals surface area contributed by atoms with Gasteiger partial charge < -0.3 is 4.42 Å². The topological polar surface area (TPSA) is 64.7 Å². The van der Waals surface area contributed by atoms with Gasteiger partial charge in [0.2, 0.25) is 5.71 Å². The van der Waals surface area contributed by atoms with E-state index in [-0.39, 0.29) is 0 Å². The van der Waals surface area contributed by atoms with Crippen LogP contribution in [0.3, 0.4) is 0 Å². The Hall–Kier alpha value is -7.50. The molecule has 0 atom stereocenters. The quantitative estimate of drug-likeness (QED) is 0.165. The van der Waals surface area contributed by atoms with Gasteiger partial charge in [-0.15, -0.1) is 0 Å². The summed E-state index contributed by atoms with van der Waals surface area (Å²) in [6.07, 6.45) is 0. The Bertz CT molecular complexity index is 2920. The largest absolute Gasteiger partial charge is 0.438 e. The van der Waals surface area contributed by atoms with Crippen molar-refractivity contribution in [2.24, 2.45) is 0 Å². The molecule has 10 aromatic rings. The summed E-state index contributed by atoms with van der Waals surface area (Å²) in [5.41, 5.74) is 13.4. The van der Waals surface area contributed by atoms with Gasteiger partial charge in [0.05, 0.1) is 22.5 Å². The Morgan fingerprint density at radius 3 is 1.36 bits per heavy atom. The molecule has 0 unspecified atom stereocenters. The molecule has 0 N–H and O–H groups in total. The number of nitrogens with zero attached hydrogens (tertiary/aromatic N) is 4. The van der Waals surface area contributed by atoms with Gasteiger partial charge in [-0.25, -0.2) is 15.0 Å². The Kier molecular flexibility index (Phi) is 8.08. The zero-order chi connectivity index (χ0) is 36.6. The first kappa shape index (κ1) is 32.2. The smallest absolute Gasteiger partial charge is 0.231 e. The second-order valence-corrected chi connectivity index (χ2v) is 13.5. The highest BCUT2D eigenvalue weighted by Gasteiger charge is 2.19. The second kappa shape index (κ2) is 13.8. The lowest BCUT2D eigenvalue weighted by Crippen LogP contribution is -1.96. The van der Waals surface area contributed by atoms with Crippen LogP contribution in [-0.2, 0) is 0 Å². The van der Waals surface area contributed by atoms with Crippen LogP contribution in [0.5, 0.6) is 0 Å². The van der Waals surface area contributed by atoms with E-state index in [1.807, 2.05) is 84.9 Å². The summed E-state index contributed by atoms with van der Waals surface area (Å²) in [5, 5.41) is 1.91. The SMILES string of the molecule is c1ccc(-c2cc(-c3cccc(-c4cccc(-c5cccc(-c6nc(-c7ccccc7)nc7oc8ccccc8c67)c5)c4)c3)nc(-c3ccccc3)n2)cc1. The van der Waals surface area contributed by atoms with Gasteiger partial charge in [0.25, 0.3) is 0 Å². The highest BCUT2D eigenvalue weighted by molar-refractivity contribution is 6.10. The second-order valence-electron chi connectivity index (χ2n) is 13.5. The molecular weight excluding hydrogens is 673 g/mol. The van der Waals surface area contributed by atoms with Crippen molar-refractivity contribution in [2.45, 2.75) is 0 Å². The maximum absolute atomic E-state index is 6.30. The summed E-state index contributed by atoms with van der Waals surface area (Å²) in [6.45, 7) is 0. The molecule has 0 spiro atoms. The number of benzene rings is 7. The molecule has 3 heterocycles. The maximum atomic E-state index is 6.30. The zero-order valence-corrected chi connectivity index (χ0v) is 29.7. The summed E-state index contributed by atoms with van der Waals surface area (Å²) in [5.74, 6) is 1.33. The molecule has 0 aliphatic carbocycles. The Balaban J connectivity index is 1.05. The van der Waals surface area contributed by atoms with Crippen molar-refractivity contribution in [1.82, 2.24) is 19.9 Å². The van der Waals surface area contributed by atoms with E-state index in [0.717, 1.165) is 83.5 Å². The summed E-state index contributed by atoms with van der Waals surface area (Å²) >= 11 is 0. The first-order valence-corrected chi connectivity index (χ1v) is 18.3. The van der Waals surface area contributed by atoms with E-state index in [9.17, 15) is 0 Å². The number of fused-ring (bicyclic) bond motifs is 3. The number of hydrogen-bond acceptors (Lipinski definition) is 5. The fourth-order valence-electron chi connectivity index (χ4n) is 7.20. The zero-order valence-electron chi connectivity index (χ0n) is 29.7. The van der Waals surface area contributed by atoms with E-state index in [0.29, 0.717) is 17.4 Å². The van der Waals surface area contributed by atoms with Gasteiger partial charge in [-0.3, -0.25) is 0 Å². The molecule has 0 saturated heterocycles. The van der Waals surface area contributed by atoms with Gasteiger partial charge >= 0.3 is 0 Å². The summed E-state index contributed by atoms with van der Waals surface area (Å²) in [6, 6.07) is 66.5. The van der Waals surface area contributed by atoms with E-state index in [1.165, 1.54) is 0 Å². The van der Waals surface area contributed by atoms with Crippen LogP contribution in [0.4, 0.5) is 0 Å². The number of furan rings is 1. The molecular formula is C50H32N4O. The van der Waals surface area contributed by atoms with Gasteiger partial charge in [0.15, 0.2) is 11.6 Å². The van der Waals surface area contributed by atoms with Gasteiger partial charge in [-0.2, -0.15) is 4.98 Å². The first-order valence-electron chi connectivity index (χ1n) is 18.3. The van der Waals surface area contributed by atoms with Crippen LogP contribution in [0.25, 0.3) is 101 Å². The third-order valence-corrected chi connectivity index (χ3v) is 9.92. The van der Waals surface area contributed by atoms with E-state index in [2.05, 4.69) is 109 Å². The van der Waals surface area contributed by atoms with E-state index in [1.54, 1.807) is 0 Å². The van der Waals surface area contributed by atoms with Gasteiger partial charge in [-0.05, 0) is 52.6 Å².